The Morgan fingerprint density at radius 3 is 1.81 bits per heavy atom. The number of hydrogen-bond donors (Lipinski definition) is 1. The predicted octanol–water partition coefficient (Wildman–Crippen LogP) is 6.39. The lowest BCUT2D eigenvalue weighted by Crippen LogP contribution is -2.13. The summed E-state index contributed by atoms with van der Waals surface area (Å²) in [6, 6.07) is 23.9. The molecule has 4 aromatic carbocycles. The summed E-state index contributed by atoms with van der Waals surface area (Å²) in [7, 11) is -2.55. The van der Waals surface area contributed by atoms with Crippen LogP contribution < -0.4 is 5.30 Å². The zero-order valence-electron chi connectivity index (χ0n) is 15.6. The predicted molar refractivity (Wildman–Crippen MR) is 117 cm³/mol. The maximum atomic E-state index is 13.8. The normalized spacial score (nSPS) is 11.9. The monoisotopic (exact) mass is 374 g/mol. The van der Waals surface area contributed by atoms with E-state index in [-0.39, 0.29) is 5.75 Å². The van der Waals surface area contributed by atoms with E-state index in [4.69, 9.17) is 0 Å². The number of aromatic hydroxyl groups is 1. The van der Waals surface area contributed by atoms with Crippen LogP contribution in [0.5, 0.6) is 5.75 Å². The molecule has 0 aromatic heterocycles. The van der Waals surface area contributed by atoms with E-state index >= 15 is 0 Å². The number of fused-ring (bicyclic) bond motifs is 2. The molecule has 0 heterocycles. The van der Waals surface area contributed by atoms with Crippen molar-refractivity contribution in [3.8, 4) is 16.9 Å². The Labute approximate surface area is 159 Å². The zero-order valence-corrected chi connectivity index (χ0v) is 16.5. The zero-order chi connectivity index (χ0) is 19.0. The molecule has 0 radical (unpaired) electrons. The molecule has 0 unspecified atom stereocenters. The summed E-state index contributed by atoms with van der Waals surface area (Å²) < 4.78 is 13.8. The van der Waals surface area contributed by atoms with Crippen molar-refractivity contribution in [2.75, 3.05) is 12.3 Å². The van der Waals surface area contributed by atoms with Crippen LogP contribution in [-0.4, -0.2) is 17.4 Å². The number of hydrogen-bond acceptors (Lipinski definition) is 2. The molecule has 3 heteroatoms. The minimum atomic E-state index is -2.55. The summed E-state index contributed by atoms with van der Waals surface area (Å²) >= 11 is 0. The number of phenols is 1. The molecule has 0 bridgehead atoms. The Morgan fingerprint density at radius 1 is 0.704 bits per heavy atom. The smallest absolute Gasteiger partial charge is 0.124 e. The molecule has 0 aliphatic heterocycles. The van der Waals surface area contributed by atoms with Gasteiger partial charge in [0, 0.05) is 28.8 Å². The lowest BCUT2D eigenvalue weighted by Gasteiger charge is -2.22. The molecule has 0 saturated carbocycles. The SMILES string of the molecule is CCP(=O)(CC)c1ccc2ccccc2c1-c1c(O)ccc2ccccc12. The van der Waals surface area contributed by atoms with E-state index in [1.807, 2.05) is 68.4 Å². The highest BCUT2D eigenvalue weighted by Gasteiger charge is 2.27. The van der Waals surface area contributed by atoms with E-state index in [9.17, 15) is 9.67 Å². The van der Waals surface area contributed by atoms with E-state index in [2.05, 4.69) is 12.1 Å². The molecule has 27 heavy (non-hydrogen) atoms. The van der Waals surface area contributed by atoms with E-state index in [0.29, 0.717) is 12.3 Å². The van der Waals surface area contributed by atoms with Crippen molar-refractivity contribution in [1.29, 1.82) is 0 Å². The van der Waals surface area contributed by atoms with Crippen molar-refractivity contribution < 1.29 is 9.67 Å². The fourth-order valence-corrected chi connectivity index (χ4v) is 6.06. The van der Waals surface area contributed by atoms with Gasteiger partial charge in [0.1, 0.15) is 12.9 Å². The number of benzene rings is 4. The first-order chi connectivity index (χ1) is 13.1. The van der Waals surface area contributed by atoms with Crippen LogP contribution in [0.3, 0.4) is 0 Å². The van der Waals surface area contributed by atoms with E-state index < -0.39 is 7.14 Å². The number of phenolic OH excluding ortho intramolecular Hbond substituents is 1. The molecule has 4 aromatic rings. The van der Waals surface area contributed by atoms with Crippen molar-refractivity contribution in [3.63, 3.8) is 0 Å². The van der Waals surface area contributed by atoms with Gasteiger partial charge in [-0.2, -0.15) is 0 Å². The minimum absolute atomic E-state index is 0.227. The van der Waals surface area contributed by atoms with Crippen molar-refractivity contribution >= 4 is 34.0 Å². The van der Waals surface area contributed by atoms with Gasteiger partial charge in [0.15, 0.2) is 0 Å². The molecule has 136 valence electrons. The van der Waals surface area contributed by atoms with Crippen LogP contribution in [0.25, 0.3) is 32.7 Å². The maximum Gasteiger partial charge on any atom is 0.124 e. The van der Waals surface area contributed by atoms with E-state index in [1.165, 1.54) is 0 Å². The Balaban J connectivity index is 2.23. The average molecular weight is 374 g/mol. The van der Waals surface area contributed by atoms with Gasteiger partial charge in [-0.25, -0.2) is 0 Å². The minimum Gasteiger partial charge on any atom is -0.507 e. The molecule has 0 aliphatic carbocycles. The Kier molecular flexibility index (Phi) is 4.53. The van der Waals surface area contributed by atoms with E-state index in [1.54, 1.807) is 6.07 Å². The third-order valence-electron chi connectivity index (χ3n) is 5.52. The van der Waals surface area contributed by atoms with Gasteiger partial charge in [-0.3, -0.25) is 0 Å². The van der Waals surface area contributed by atoms with Crippen molar-refractivity contribution in [3.05, 3.63) is 72.8 Å². The summed E-state index contributed by atoms with van der Waals surface area (Å²) in [6.45, 7) is 3.98. The molecule has 0 amide bonds. The van der Waals surface area contributed by atoms with Crippen LogP contribution in [0.4, 0.5) is 0 Å². The molecule has 0 aliphatic rings. The standard InChI is InChI=1S/C24H23O2P/c1-3-27(26,4-2)22-16-14-18-10-6-8-12-20(18)24(22)23-19-11-7-5-9-17(19)13-15-21(23)25/h5-16,25H,3-4H2,1-2H3. The topological polar surface area (TPSA) is 37.3 Å². The van der Waals surface area contributed by atoms with Crippen LogP contribution >= 0.6 is 7.14 Å². The highest BCUT2D eigenvalue weighted by atomic mass is 31.2. The summed E-state index contributed by atoms with van der Waals surface area (Å²) in [5.41, 5.74) is 1.69. The van der Waals surface area contributed by atoms with Crippen molar-refractivity contribution in [2.24, 2.45) is 0 Å². The molecule has 2 nitrogen and oxygen atoms in total. The summed E-state index contributed by atoms with van der Waals surface area (Å²) in [5, 5.41) is 15.9. The van der Waals surface area contributed by atoms with Gasteiger partial charge in [-0.05, 0) is 27.6 Å². The van der Waals surface area contributed by atoms with Gasteiger partial charge in [-0.15, -0.1) is 0 Å². The van der Waals surface area contributed by atoms with Gasteiger partial charge in [0.25, 0.3) is 0 Å². The largest absolute Gasteiger partial charge is 0.507 e. The summed E-state index contributed by atoms with van der Waals surface area (Å²) in [5.74, 6) is 0.227. The molecule has 0 spiro atoms. The second-order valence-corrected chi connectivity index (χ2v) is 10.4. The van der Waals surface area contributed by atoms with Gasteiger partial charge < -0.3 is 9.67 Å². The van der Waals surface area contributed by atoms with Crippen molar-refractivity contribution in [1.82, 2.24) is 0 Å². The lowest BCUT2D eigenvalue weighted by molar-refractivity contribution is 0.478. The third kappa shape index (κ3) is 2.85. The van der Waals surface area contributed by atoms with E-state index in [0.717, 1.165) is 38.0 Å². The fourth-order valence-electron chi connectivity index (χ4n) is 3.95. The quantitative estimate of drug-likeness (QED) is 0.420. The molecule has 0 fully saturated rings. The second-order valence-electron chi connectivity index (χ2n) is 6.88. The van der Waals surface area contributed by atoms with Crippen molar-refractivity contribution in [2.45, 2.75) is 13.8 Å². The van der Waals surface area contributed by atoms with Gasteiger partial charge in [-0.1, -0.05) is 80.6 Å². The highest BCUT2D eigenvalue weighted by Crippen LogP contribution is 2.50. The van der Waals surface area contributed by atoms with Gasteiger partial charge in [0.2, 0.25) is 0 Å². The molecule has 1 N–H and O–H groups in total. The Morgan fingerprint density at radius 2 is 1.22 bits per heavy atom. The summed E-state index contributed by atoms with van der Waals surface area (Å²) in [6.07, 6.45) is 1.22. The molecular weight excluding hydrogens is 351 g/mol. The Bertz CT molecular complexity index is 1190. The Hall–Kier alpha value is -2.57. The average Bonchev–Trinajstić information content (AvgIpc) is 2.72. The maximum absolute atomic E-state index is 13.8. The van der Waals surface area contributed by atoms with Crippen LogP contribution in [0.1, 0.15) is 13.8 Å². The fraction of sp³-hybridized carbons (Fsp3) is 0.167. The molecule has 4 rings (SSSR count). The first-order valence-corrected chi connectivity index (χ1v) is 11.5. The third-order valence-corrected chi connectivity index (χ3v) is 8.82. The first kappa shape index (κ1) is 17.8. The molecule has 0 atom stereocenters. The lowest BCUT2D eigenvalue weighted by atomic mass is 9.93. The molecular formula is C24H23O2P. The van der Waals surface area contributed by atoms with Crippen LogP contribution in [0.2, 0.25) is 0 Å². The number of rotatable bonds is 4. The van der Waals surface area contributed by atoms with Crippen LogP contribution in [0.15, 0.2) is 72.8 Å². The van der Waals surface area contributed by atoms with Gasteiger partial charge in [0.05, 0.1) is 0 Å². The molecule has 0 saturated heterocycles. The van der Waals surface area contributed by atoms with Crippen LogP contribution in [-0.2, 0) is 4.57 Å². The van der Waals surface area contributed by atoms with Gasteiger partial charge >= 0.3 is 0 Å². The highest BCUT2D eigenvalue weighted by molar-refractivity contribution is 7.71. The second kappa shape index (κ2) is 6.87. The van der Waals surface area contributed by atoms with Crippen LogP contribution in [0, 0.1) is 0 Å². The summed E-state index contributed by atoms with van der Waals surface area (Å²) in [4.78, 5) is 0. The first-order valence-electron chi connectivity index (χ1n) is 9.40.